The van der Waals surface area contributed by atoms with Gasteiger partial charge in [0.15, 0.2) is 5.65 Å². The number of ether oxygens (including phenoxy) is 1. The first-order chi connectivity index (χ1) is 17.2. The van der Waals surface area contributed by atoms with E-state index >= 15 is 0 Å². The number of amides is 1. The molecule has 0 bridgehead atoms. The first kappa shape index (κ1) is 25.9. The van der Waals surface area contributed by atoms with Crippen LogP contribution in [-0.4, -0.2) is 45.3 Å². The van der Waals surface area contributed by atoms with Crippen LogP contribution in [0.15, 0.2) is 71.9 Å². The molecule has 0 saturated carbocycles. The number of para-hydroxylation sites is 1. The molecule has 0 unspecified atom stereocenters. The molecular formula is C23H20F3N5O5S. The quantitative estimate of drug-likeness (QED) is 0.323. The topological polar surface area (TPSA) is 135 Å². The Morgan fingerprint density at radius 3 is 2.46 bits per heavy atom. The van der Waals surface area contributed by atoms with Gasteiger partial charge in [-0.3, -0.25) is 4.79 Å². The number of aromatic nitrogens is 3. The van der Waals surface area contributed by atoms with Crippen molar-refractivity contribution in [3.63, 3.8) is 0 Å². The van der Waals surface area contributed by atoms with Gasteiger partial charge in [-0.25, -0.2) is 17.4 Å². The lowest BCUT2D eigenvalue weighted by Gasteiger charge is -2.17. The molecule has 2 aromatic heterocycles. The van der Waals surface area contributed by atoms with Crippen LogP contribution < -0.4 is 15.4 Å². The van der Waals surface area contributed by atoms with E-state index in [4.69, 9.17) is 0 Å². The van der Waals surface area contributed by atoms with Crippen LogP contribution in [0.1, 0.15) is 13.8 Å². The zero-order valence-corrected chi connectivity index (χ0v) is 20.1. The zero-order valence-electron chi connectivity index (χ0n) is 19.3. The molecule has 37 heavy (non-hydrogen) atoms. The standard InChI is InChI=1S/C23H20F3N5O5S/c1-22(2,33)20(32)28-15-6-5-7-16(12-15)29-21-27-13-14-10-11-31(19(14)30-21)37(34,35)18-9-4-3-8-17(18)36-23(24,25)26/h3-13,33H,1-2H3,(H,28,32)(H,27,29,30). The average molecular weight is 536 g/mol. The molecule has 10 nitrogen and oxygen atoms in total. The van der Waals surface area contributed by atoms with Gasteiger partial charge >= 0.3 is 6.36 Å². The second kappa shape index (κ2) is 9.37. The Bertz CT molecular complexity index is 1580. The number of aliphatic hydroxyl groups is 1. The fourth-order valence-corrected chi connectivity index (χ4v) is 4.64. The van der Waals surface area contributed by atoms with Crippen LogP contribution in [-0.2, 0) is 14.8 Å². The number of hydrogen-bond acceptors (Lipinski definition) is 8. The van der Waals surface area contributed by atoms with Gasteiger partial charge in [0.2, 0.25) is 5.95 Å². The average Bonchev–Trinajstić information content (AvgIpc) is 3.22. The summed E-state index contributed by atoms with van der Waals surface area (Å²) >= 11 is 0. The lowest BCUT2D eigenvalue weighted by atomic mass is 10.1. The van der Waals surface area contributed by atoms with E-state index in [0.29, 0.717) is 16.8 Å². The maximum Gasteiger partial charge on any atom is 0.573 e. The second-order valence-corrected chi connectivity index (χ2v) is 10.1. The third kappa shape index (κ3) is 5.81. The van der Waals surface area contributed by atoms with Gasteiger partial charge in [0.1, 0.15) is 16.2 Å². The summed E-state index contributed by atoms with van der Waals surface area (Å²) in [5.74, 6) is -1.53. The van der Waals surface area contributed by atoms with Crippen molar-refractivity contribution in [3.8, 4) is 5.75 Å². The Hall–Kier alpha value is -4.17. The van der Waals surface area contributed by atoms with Crippen LogP contribution in [0.25, 0.3) is 11.0 Å². The Balaban J connectivity index is 1.67. The summed E-state index contributed by atoms with van der Waals surface area (Å²) in [7, 11) is -4.55. The molecular weight excluding hydrogens is 515 g/mol. The van der Waals surface area contributed by atoms with Crippen molar-refractivity contribution in [2.45, 2.75) is 30.7 Å². The van der Waals surface area contributed by atoms with Gasteiger partial charge in [0.05, 0.1) is 0 Å². The molecule has 4 aromatic rings. The number of carbonyl (C=O) groups is 1. The van der Waals surface area contributed by atoms with Crippen molar-refractivity contribution >= 4 is 44.3 Å². The second-order valence-electron chi connectivity index (χ2n) is 8.30. The lowest BCUT2D eigenvalue weighted by molar-refractivity contribution is -0.275. The van der Waals surface area contributed by atoms with Crippen molar-refractivity contribution < 1.29 is 36.2 Å². The summed E-state index contributed by atoms with van der Waals surface area (Å²) in [4.78, 5) is 19.7. The fraction of sp³-hybridized carbons (Fsp3) is 0.174. The smallest absolute Gasteiger partial charge is 0.404 e. The minimum Gasteiger partial charge on any atom is -0.404 e. The van der Waals surface area contributed by atoms with Crippen molar-refractivity contribution in [2.24, 2.45) is 0 Å². The maximum atomic E-state index is 13.3. The normalized spacial score (nSPS) is 12.4. The van der Waals surface area contributed by atoms with E-state index in [-0.39, 0.29) is 11.6 Å². The van der Waals surface area contributed by atoms with Gasteiger partial charge in [-0.15, -0.1) is 13.2 Å². The zero-order chi connectivity index (χ0) is 27.0. The summed E-state index contributed by atoms with van der Waals surface area (Å²) < 4.78 is 69.7. The molecule has 0 radical (unpaired) electrons. The minimum atomic E-state index is -5.09. The van der Waals surface area contributed by atoms with Crippen LogP contribution in [0.4, 0.5) is 30.5 Å². The van der Waals surface area contributed by atoms with Gasteiger partial charge in [-0.1, -0.05) is 18.2 Å². The number of nitrogens with zero attached hydrogens (tertiary/aromatic N) is 3. The molecule has 0 saturated heterocycles. The van der Waals surface area contributed by atoms with Crippen LogP contribution in [0.2, 0.25) is 0 Å². The largest absolute Gasteiger partial charge is 0.573 e. The van der Waals surface area contributed by atoms with Crippen LogP contribution in [0.5, 0.6) is 5.75 Å². The number of rotatable bonds is 7. The lowest BCUT2D eigenvalue weighted by Crippen LogP contribution is -2.36. The highest BCUT2D eigenvalue weighted by Gasteiger charge is 2.34. The number of anilines is 3. The molecule has 0 aliphatic rings. The van der Waals surface area contributed by atoms with Crippen molar-refractivity contribution in [2.75, 3.05) is 10.6 Å². The van der Waals surface area contributed by atoms with E-state index in [9.17, 15) is 31.5 Å². The monoisotopic (exact) mass is 535 g/mol. The summed E-state index contributed by atoms with van der Waals surface area (Å²) in [6.45, 7) is 2.68. The minimum absolute atomic E-state index is 0.0200. The van der Waals surface area contributed by atoms with E-state index in [1.807, 2.05) is 0 Å². The first-order valence-electron chi connectivity index (χ1n) is 10.6. The summed E-state index contributed by atoms with van der Waals surface area (Å²) in [5.41, 5.74) is -0.896. The number of carbonyl (C=O) groups excluding carboxylic acids is 1. The van der Waals surface area contributed by atoms with E-state index in [0.717, 1.165) is 22.3 Å². The number of nitrogens with one attached hydrogen (secondary N) is 2. The summed E-state index contributed by atoms with van der Waals surface area (Å²) in [6.07, 6.45) is -2.60. The van der Waals surface area contributed by atoms with Gasteiger partial charge in [0.25, 0.3) is 15.9 Å². The molecule has 0 atom stereocenters. The maximum absolute atomic E-state index is 13.3. The van der Waals surface area contributed by atoms with Crippen molar-refractivity contribution in [1.29, 1.82) is 0 Å². The molecule has 2 heterocycles. The molecule has 2 aromatic carbocycles. The van der Waals surface area contributed by atoms with E-state index in [1.165, 1.54) is 44.3 Å². The molecule has 14 heteroatoms. The molecule has 0 spiro atoms. The van der Waals surface area contributed by atoms with E-state index in [2.05, 4.69) is 25.3 Å². The fourth-order valence-electron chi connectivity index (χ4n) is 3.22. The summed E-state index contributed by atoms with van der Waals surface area (Å²) in [5, 5.41) is 15.6. The Kier molecular flexibility index (Phi) is 6.56. The number of fused-ring (bicyclic) bond motifs is 1. The number of halogens is 3. The van der Waals surface area contributed by atoms with Crippen LogP contribution >= 0.6 is 0 Å². The Labute approximate surface area is 208 Å². The Morgan fingerprint density at radius 1 is 1.05 bits per heavy atom. The SMILES string of the molecule is CC(C)(O)C(=O)Nc1cccc(Nc2ncc3ccn(S(=O)(=O)c4ccccc4OC(F)(F)F)c3n2)c1. The number of hydrogen-bond donors (Lipinski definition) is 3. The van der Waals surface area contributed by atoms with Gasteiger partial charge < -0.3 is 20.5 Å². The molecule has 3 N–H and O–H groups in total. The van der Waals surface area contributed by atoms with Crippen molar-refractivity contribution in [1.82, 2.24) is 13.9 Å². The van der Waals surface area contributed by atoms with Gasteiger partial charge in [-0.05, 0) is 50.2 Å². The van der Waals surface area contributed by atoms with Gasteiger partial charge in [0, 0.05) is 29.2 Å². The molecule has 0 fully saturated rings. The van der Waals surface area contributed by atoms with Crippen molar-refractivity contribution in [3.05, 3.63) is 67.0 Å². The third-order valence-corrected chi connectivity index (χ3v) is 6.64. The molecule has 4 rings (SSSR count). The Morgan fingerprint density at radius 2 is 1.76 bits per heavy atom. The molecule has 0 aliphatic heterocycles. The van der Waals surface area contributed by atoms with Gasteiger partial charge in [-0.2, -0.15) is 4.98 Å². The summed E-state index contributed by atoms with van der Waals surface area (Å²) in [6, 6.07) is 12.2. The van der Waals surface area contributed by atoms with E-state index < -0.39 is 38.5 Å². The molecule has 1 amide bonds. The predicted molar refractivity (Wildman–Crippen MR) is 128 cm³/mol. The number of benzene rings is 2. The highest BCUT2D eigenvalue weighted by Crippen LogP contribution is 2.32. The predicted octanol–water partition coefficient (Wildman–Crippen LogP) is 4.02. The first-order valence-corrected chi connectivity index (χ1v) is 12.0. The number of alkyl halides is 3. The van der Waals surface area contributed by atoms with E-state index in [1.54, 1.807) is 18.2 Å². The van der Waals surface area contributed by atoms with Crippen LogP contribution in [0.3, 0.4) is 0 Å². The highest BCUT2D eigenvalue weighted by molar-refractivity contribution is 7.90. The third-order valence-electron chi connectivity index (χ3n) is 4.94. The van der Waals surface area contributed by atoms with Crippen LogP contribution in [0, 0.1) is 0 Å². The highest BCUT2D eigenvalue weighted by atomic mass is 32.2. The molecule has 0 aliphatic carbocycles. The molecule has 194 valence electrons.